The number of rotatable bonds is 6. The van der Waals surface area contributed by atoms with Crippen molar-refractivity contribution in [2.75, 3.05) is 18.2 Å². The maximum Gasteiger partial charge on any atom is 0.337 e. The van der Waals surface area contributed by atoms with Gasteiger partial charge >= 0.3 is 5.97 Å². The minimum atomic E-state index is -0.357. The molecule has 0 saturated carbocycles. The molecule has 2 aromatic rings. The zero-order valence-electron chi connectivity index (χ0n) is 12.5. The first-order valence-corrected chi connectivity index (χ1v) is 8.83. The molecule has 1 amide bonds. The molecule has 0 heterocycles. The molecule has 2 aromatic carbocycles. The molecule has 0 aliphatic rings. The van der Waals surface area contributed by atoms with Gasteiger partial charge in [0, 0.05) is 15.9 Å². The van der Waals surface area contributed by atoms with Gasteiger partial charge in [-0.1, -0.05) is 34.1 Å². The van der Waals surface area contributed by atoms with E-state index in [0.717, 1.165) is 15.7 Å². The number of halogens is 1. The molecule has 0 aromatic heterocycles. The zero-order valence-corrected chi connectivity index (χ0v) is 14.9. The van der Waals surface area contributed by atoms with Gasteiger partial charge in [0.1, 0.15) is 0 Å². The molecule has 0 unspecified atom stereocenters. The first-order valence-electron chi connectivity index (χ1n) is 6.89. The Morgan fingerprint density at radius 3 is 2.70 bits per heavy atom. The van der Waals surface area contributed by atoms with Crippen molar-refractivity contribution in [3.05, 3.63) is 64.1 Å². The van der Waals surface area contributed by atoms with E-state index in [1.54, 1.807) is 12.1 Å². The molecule has 0 spiro atoms. The first-order chi connectivity index (χ1) is 11.1. The number of carbonyl (C=O) groups is 2. The molecule has 23 heavy (non-hydrogen) atoms. The highest BCUT2D eigenvalue weighted by Gasteiger charge is 2.07. The summed E-state index contributed by atoms with van der Waals surface area (Å²) in [7, 11) is 1.36. The molecular weight excluding hydrogens is 378 g/mol. The van der Waals surface area contributed by atoms with Gasteiger partial charge < -0.3 is 10.1 Å². The van der Waals surface area contributed by atoms with Crippen LogP contribution < -0.4 is 5.32 Å². The Bertz CT molecular complexity index is 706. The Kier molecular flexibility index (Phi) is 6.67. The number of methoxy groups -OCH3 is 1. The maximum atomic E-state index is 11.9. The molecule has 0 radical (unpaired) electrons. The van der Waals surface area contributed by atoms with Gasteiger partial charge in [0.05, 0.1) is 18.4 Å². The van der Waals surface area contributed by atoms with E-state index >= 15 is 0 Å². The van der Waals surface area contributed by atoms with E-state index in [-0.39, 0.29) is 11.9 Å². The van der Waals surface area contributed by atoms with Crippen molar-refractivity contribution in [3.63, 3.8) is 0 Å². The number of benzene rings is 2. The number of hydrogen-bond acceptors (Lipinski definition) is 4. The molecule has 2 rings (SSSR count). The summed E-state index contributed by atoms with van der Waals surface area (Å²) in [5, 5.41) is 2.84. The number of nitrogens with one attached hydrogen (secondary N) is 1. The Labute approximate surface area is 147 Å². The lowest BCUT2D eigenvalue weighted by molar-refractivity contribution is -0.113. The second-order valence-electron chi connectivity index (χ2n) is 4.74. The fourth-order valence-corrected chi connectivity index (χ4v) is 3.10. The molecule has 0 aliphatic heterocycles. The minimum Gasteiger partial charge on any atom is -0.465 e. The van der Waals surface area contributed by atoms with Crippen LogP contribution in [0, 0.1) is 0 Å². The zero-order chi connectivity index (χ0) is 16.7. The van der Waals surface area contributed by atoms with Gasteiger partial charge in [-0.25, -0.2) is 4.79 Å². The second-order valence-corrected chi connectivity index (χ2v) is 6.64. The second kappa shape index (κ2) is 8.74. The smallest absolute Gasteiger partial charge is 0.337 e. The highest BCUT2D eigenvalue weighted by molar-refractivity contribution is 9.10. The third-order valence-electron chi connectivity index (χ3n) is 2.96. The Hall–Kier alpha value is -1.79. The van der Waals surface area contributed by atoms with E-state index in [2.05, 4.69) is 21.2 Å². The number of carbonyl (C=O) groups excluding carboxylic acids is 2. The van der Waals surface area contributed by atoms with Crippen molar-refractivity contribution >= 4 is 45.3 Å². The van der Waals surface area contributed by atoms with Crippen LogP contribution >= 0.6 is 27.7 Å². The normalized spacial score (nSPS) is 10.2. The van der Waals surface area contributed by atoms with Crippen LogP contribution in [0.25, 0.3) is 0 Å². The highest BCUT2D eigenvalue weighted by Crippen LogP contribution is 2.17. The molecule has 0 aliphatic carbocycles. The summed E-state index contributed by atoms with van der Waals surface area (Å²) in [4.78, 5) is 23.4. The van der Waals surface area contributed by atoms with Crippen molar-refractivity contribution < 1.29 is 14.3 Å². The summed E-state index contributed by atoms with van der Waals surface area (Å²) in [5.41, 5.74) is 2.26. The lowest BCUT2D eigenvalue weighted by Gasteiger charge is -2.06. The topological polar surface area (TPSA) is 55.4 Å². The summed E-state index contributed by atoms with van der Waals surface area (Å²) < 4.78 is 5.62. The minimum absolute atomic E-state index is 0.0581. The van der Waals surface area contributed by atoms with Crippen molar-refractivity contribution in [1.82, 2.24) is 0 Å². The van der Waals surface area contributed by atoms with E-state index in [0.29, 0.717) is 17.1 Å². The predicted molar refractivity (Wildman–Crippen MR) is 96.7 cm³/mol. The van der Waals surface area contributed by atoms with Crippen molar-refractivity contribution in [1.29, 1.82) is 0 Å². The van der Waals surface area contributed by atoms with Gasteiger partial charge in [-0.15, -0.1) is 11.8 Å². The van der Waals surface area contributed by atoms with Crippen molar-refractivity contribution in [3.8, 4) is 0 Å². The van der Waals surface area contributed by atoms with Crippen LogP contribution in [0.4, 0.5) is 5.69 Å². The molecule has 120 valence electrons. The number of hydrogen-bond donors (Lipinski definition) is 1. The number of amides is 1. The van der Waals surface area contributed by atoms with Crippen molar-refractivity contribution in [2.45, 2.75) is 5.75 Å². The monoisotopic (exact) mass is 393 g/mol. The average Bonchev–Trinajstić information content (AvgIpc) is 2.54. The third kappa shape index (κ3) is 5.73. The third-order valence-corrected chi connectivity index (χ3v) is 4.46. The Morgan fingerprint density at radius 2 is 1.96 bits per heavy atom. The number of anilines is 1. The van der Waals surface area contributed by atoms with Crippen molar-refractivity contribution in [2.24, 2.45) is 0 Å². The van der Waals surface area contributed by atoms with E-state index in [1.165, 1.54) is 18.9 Å². The first kappa shape index (κ1) is 17.6. The van der Waals surface area contributed by atoms with E-state index in [9.17, 15) is 9.59 Å². The summed E-state index contributed by atoms with van der Waals surface area (Å²) in [6.07, 6.45) is 0. The van der Waals surface area contributed by atoms with Gasteiger partial charge in [0.2, 0.25) is 5.91 Å². The quantitative estimate of drug-likeness (QED) is 0.750. The molecular formula is C17H16BrNO3S. The predicted octanol–water partition coefficient (Wildman–Crippen LogP) is 4.11. The SMILES string of the molecule is COC(=O)c1cccc(CSCC(=O)Nc2cccc(Br)c2)c1. The van der Waals surface area contributed by atoms with Crippen LogP contribution in [0.1, 0.15) is 15.9 Å². The van der Waals surface area contributed by atoms with Crippen LogP contribution in [-0.2, 0) is 15.3 Å². The molecule has 0 saturated heterocycles. The number of esters is 1. The van der Waals surface area contributed by atoms with Gasteiger partial charge in [0.15, 0.2) is 0 Å². The molecule has 4 nitrogen and oxygen atoms in total. The van der Waals surface area contributed by atoms with E-state index in [4.69, 9.17) is 4.74 Å². The summed E-state index contributed by atoms with van der Waals surface area (Å²) >= 11 is 4.86. The van der Waals surface area contributed by atoms with Crippen LogP contribution in [-0.4, -0.2) is 24.7 Å². The summed E-state index contributed by atoms with van der Waals surface area (Å²) in [6, 6.07) is 14.7. The molecule has 1 N–H and O–H groups in total. The van der Waals surface area contributed by atoms with Crippen LogP contribution in [0.3, 0.4) is 0 Å². The molecule has 0 fully saturated rings. The summed E-state index contributed by atoms with van der Waals surface area (Å²) in [5.74, 6) is 0.576. The summed E-state index contributed by atoms with van der Waals surface area (Å²) in [6.45, 7) is 0. The van der Waals surface area contributed by atoms with E-state index in [1.807, 2.05) is 36.4 Å². The maximum absolute atomic E-state index is 11.9. The van der Waals surface area contributed by atoms with Crippen LogP contribution in [0.5, 0.6) is 0 Å². The number of ether oxygens (including phenoxy) is 1. The largest absolute Gasteiger partial charge is 0.465 e. The van der Waals surface area contributed by atoms with Gasteiger partial charge in [-0.3, -0.25) is 4.79 Å². The van der Waals surface area contributed by atoms with Gasteiger partial charge in [-0.2, -0.15) is 0 Å². The van der Waals surface area contributed by atoms with Crippen LogP contribution in [0.15, 0.2) is 53.0 Å². The number of thioether (sulfide) groups is 1. The standard InChI is InChI=1S/C17H16BrNO3S/c1-22-17(21)13-5-2-4-12(8-13)10-23-11-16(20)19-15-7-3-6-14(18)9-15/h2-9H,10-11H2,1H3,(H,19,20). The Morgan fingerprint density at radius 1 is 1.17 bits per heavy atom. The fraction of sp³-hybridized carbons (Fsp3) is 0.176. The average molecular weight is 394 g/mol. The van der Waals surface area contributed by atoms with Gasteiger partial charge in [0.25, 0.3) is 0 Å². The Balaban J connectivity index is 1.82. The molecule has 6 heteroatoms. The van der Waals surface area contributed by atoms with Crippen LogP contribution in [0.2, 0.25) is 0 Å². The van der Waals surface area contributed by atoms with Gasteiger partial charge in [-0.05, 0) is 35.9 Å². The van der Waals surface area contributed by atoms with E-state index < -0.39 is 0 Å². The molecule has 0 atom stereocenters. The fourth-order valence-electron chi connectivity index (χ4n) is 1.93. The lowest BCUT2D eigenvalue weighted by atomic mass is 10.1. The highest BCUT2D eigenvalue weighted by atomic mass is 79.9. The lowest BCUT2D eigenvalue weighted by Crippen LogP contribution is -2.14. The molecule has 0 bridgehead atoms.